The topological polar surface area (TPSA) is 46.2 Å². The second kappa shape index (κ2) is 8.14. The van der Waals surface area contributed by atoms with Gasteiger partial charge in [-0.3, -0.25) is 9.59 Å². The normalized spacial score (nSPS) is 12.5. The van der Waals surface area contributed by atoms with Gasteiger partial charge in [-0.05, 0) is 44.2 Å². The van der Waals surface area contributed by atoms with Crippen molar-refractivity contribution in [2.45, 2.75) is 30.2 Å². The van der Waals surface area contributed by atoms with Gasteiger partial charge in [-0.25, -0.2) is 0 Å². The molecule has 1 atom stereocenters. The van der Waals surface area contributed by atoms with E-state index < -0.39 is 17.0 Å². The molecule has 0 saturated heterocycles. The second-order valence-corrected chi connectivity index (χ2v) is 7.35. The first-order valence-electron chi connectivity index (χ1n) is 7.53. The van der Waals surface area contributed by atoms with Gasteiger partial charge in [0, 0.05) is 16.1 Å². The van der Waals surface area contributed by atoms with Crippen LogP contribution in [0.5, 0.6) is 0 Å². The number of halogens is 4. The predicted octanol–water partition coefficient (Wildman–Crippen LogP) is 5.68. The molecular formula is C18H15ClF3NO2S. The summed E-state index contributed by atoms with van der Waals surface area (Å²) in [5.41, 5.74) is -0.0382. The number of nitrogens with one attached hydrogen (secondary N) is 1. The molecule has 8 heteroatoms. The highest BCUT2D eigenvalue weighted by Gasteiger charge is 2.33. The van der Waals surface area contributed by atoms with Crippen LogP contribution >= 0.6 is 23.4 Å². The molecule has 0 aliphatic rings. The number of amides is 1. The van der Waals surface area contributed by atoms with Crippen molar-refractivity contribution in [3.63, 3.8) is 0 Å². The Morgan fingerprint density at radius 2 is 1.85 bits per heavy atom. The summed E-state index contributed by atoms with van der Waals surface area (Å²) < 4.78 is 38.7. The molecule has 1 amide bonds. The lowest BCUT2D eigenvalue weighted by atomic mass is 10.1. The third kappa shape index (κ3) is 5.25. The molecule has 3 nitrogen and oxygen atoms in total. The SMILES string of the molecule is CC(=O)c1cccc(NC(=O)[C@H](C)Sc2ccc(Cl)c(C(F)(F)F)c2)c1. The van der Waals surface area contributed by atoms with Crippen molar-refractivity contribution >= 4 is 40.7 Å². The van der Waals surface area contributed by atoms with Crippen LogP contribution < -0.4 is 5.32 Å². The van der Waals surface area contributed by atoms with E-state index in [1.165, 1.54) is 13.0 Å². The van der Waals surface area contributed by atoms with E-state index in [9.17, 15) is 22.8 Å². The van der Waals surface area contributed by atoms with Gasteiger partial charge in [0.25, 0.3) is 0 Å². The number of carbonyl (C=O) groups is 2. The van der Waals surface area contributed by atoms with E-state index in [1.807, 2.05) is 0 Å². The van der Waals surface area contributed by atoms with Crippen molar-refractivity contribution < 1.29 is 22.8 Å². The number of carbonyl (C=O) groups excluding carboxylic acids is 2. The predicted molar refractivity (Wildman–Crippen MR) is 96.8 cm³/mol. The fourth-order valence-corrected chi connectivity index (χ4v) is 3.24. The molecule has 0 aliphatic heterocycles. The fraction of sp³-hybridized carbons (Fsp3) is 0.222. The molecule has 0 heterocycles. The average Bonchev–Trinajstić information content (AvgIpc) is 2.55. The minimum Gasteiger partial charge on any atom is -0.325 e. The smallest absolute Gasteiger partial charge is 0.325 e. The summed E-state index contributed by atoms with van der Waals surface area (Å²) in [5, 5.41) is 1.61. The summed E-state index contributed by atoms with van der Waals surface area (Å²) in [7, 11) is 0. The highest BCUT2D eigenvalue weighted by atomic mass is 35.5. The molecule has 2 rings (SSSR count). The number of ketones is 1. The molecule has 0 bridgehead atoms. The number of benzene rings is 2. The summed E-state index contributed by atoms with van der Waals surface area (Å²) in [6.07, 6.45) is -4.56. The van der Waals surface area contributed by atoms with Crippen LogP contribution in [0.25, 0.3) is 0 Å². The van der Waals surface area contributed by atoms with Crippen molar-refractivity contribution in [3.05, 3.63) is 58.6 Å². The van der Waals surface area contributed by atoms with Crippen LogP contribution in [-0.4, -0.2) is 16.9 Å². The Labute approximate surface area is 157 Å². The van der Waals surface area contributed by atoms with Crippen molar-refractivity contribution in [2.75, 3.05) is 5.32 Å². The van der Waals surface area contributed by atoms with Gasteiger partial charge in [0.1, 0.15) is 0 Å². The average molecular weight is 402 g/mol. The van der Waals surface area contributed by atoms with Crippen molar-refractivity contribution in [2.24, 2.45) is 0 Å². The number of Topliss-reactive ketones (excluding diaryl/α,β-unsaturated/α-hetero) is 1. The highest BCUT2D eigenvalue weighted by molar-refractivity contribution is 8.00. The number of anilines is 1. The Morgan fingerprint density at radius 1 is 1.15 bits per heavy atom. The highest BCUT2D eigenvalue weighted by Crippen LogP contribution is 2.37. The molecule has 138 valence electrons. The van der Waals surface area contributed by atoms with Gasteiger partial charge in [-0.2, -0.15) is 13.2 Å². The zero-order valence-electron chi connectivity index (χ0n) is 13.9. The van der Waals surface area contributed by atoms with E-state index >= 15 is 0 Å². The maximum absolute atomic E-state index is 12.9. The second-order valence-electron chi connectivity index (χ2n) is 5.53. The van der Waals surface area contributed by atoms with Gasteiger partial charge in [-0.1, -0.05) is 23.7 Å². The van der Waals surface area contributed by atoms with E-state index in [2.05, 4.69) is 5.32 Å². The molecular weight excluding hydrogens is 387 g/mol. The Morgan fingerprint density at radius 3 is 2.46 bits per heavy atom. The Hall–Kier alpha value is -1.99. The molecule has 2 aromatic rings. The quantitative estimate of drug-likeness (QED) is 0.517. The van der Waals surface area contributed by atoms with E-state index in [0.717, 1.165) is 23.9 Å². The summed E-state index contributed by atoms with van der Waals surface area (Å²) in [6, 6.07) is 9.96. The van der Waals surface area contributed by atoms with Gasteiger partial charge < -0.3 is 5.32 Å². The number of alkyl halides is 3. The lowest BCUT2D eigenvalue weighted by Gasteiger charge is -2.14. The summed E-state index contributed by atoms with van der Waals surface area (Å²) in [4.78, 5) is 23.9. The van der Waals surface area contributed by atoms with Gasteiger partial charge >= 0.3 is 6.18 Å². The minimum absolute atomic E-state index is 0.135. The third-order valence-electron chi connectivity index (χ3n) is 3.46. The zero-order chi connectivity index (χ0) is 19.5. The first kappa shape index (κ1) is 20.3. The summed E-state index contributed by atoms with van der Waals surface area (Å²) >= 11 is 6.57. The molecule has 1 N–H and O–H groups in total. The van der Waals surface area contributed by atoms with Crippen molar-refractivity contribution in [1.29, 1.82) is 0 Å². The van der Waals surface area contributed by atoms with Crippen LogP contribution in [0.1, 0.15) is 29.8 Å². The molecule has 0 saturated carbocycles. The number of rotatable bonds is 5. The Balaban J connectivity index is 2.10. The molecule has 0 aliphatic carbocycles. The molecule has 0 radical (unpaired) electrons. The van der Waals surface area contributed by atoms with E-state index in [-0.39, 0.29) is 21.6 Å². The van der Waals surface area contributed by atoms with Gasteiger partial charge in [-0.15, -0.1) is 11.8 Å². The number of thioether (sulfide) groups is 1. The van der Waals surface area contributed by atoms with Crippen molar-refractivity contribution in [1.82, 2.24) is 0 Å². The van der Waals surface area contributed by atoms with Crippen LogP contribution in [0.3, 0.4) is 0 Å². The minimum atomic E-state index is -4.56. The Bertz CT molecular complexity index is 839. The molecule has 0 spiro atoms. The van der Waals surface area contributed by atoms with E-state index in [4.69, 9.17) is 11.6 Å². The molecule has 26 heavy (non-hydrogen) atoms. The van der Waals surface area contributed by atoms with Crippen LogP contribution in [0.4, 0.5) is 18.9 Å². The first-order valence-corrected chi connectivity index (χ1v) is 8.79. The van der Waals surface area contributed by atoms with Gasteiger partial charge in [0.15, 0.2) is 5.78 Å². The van der Waals surface area contributed by atoms with Crippen molar-refractivity contribution in [3.8, 4) is 0 Å². The molecule has 2 aromatic carbocycles. The maximum atomic E-state index is 12.9. The molecule has 0 fully saturated rings. The molecule has 0 unspecified atom stereocenters. The van der Waals surface area contributed by atoms with Crippen LogP contribution in [0, 0.1) is 0 Å². The van der Waals surface area contributed by atoms with Crippen LogP contribution in [0.15, 0.2) is 47.4 Å². The Kier molecular flexibility index (Phi) is 6.36. The molecule has 0 aromatic heterocycles. The lowest BCUT2D eigenvalue weighted by Crippen LogP contribution is -2.22. The largest absolute Gasteiger partial charge is 0.417 e. The van der Waals surface area contributed by atoms with Crippen LogP contribution in [0.2, 0.25) is 5.02 Å². The van der Waals surface area contributed by atoms with Crippen LogP contribution in [-0.2, 0) is 11.0 Å². The lowest BCUT2D eigenvalue weighted by molar-refractivity contribution is -0.137. The van der Waals surface area contributed by atoms with E-state index in [0.29, 0.717) is 11.3 Å². The first-order chi connectivity index (χ1) is 12.1. The standard InChI is InChI=1S/C18H15ClF3NO2S/c1-10(24)12-4-3-5-13(8-12)23-17(25)11(2)26-14-6-7-16(19)15(9-14)18(20,21)22/h3-9,11H,1-2H3,(H,23,25)/t11-/m0/s1. The summed E-state index contributed by atoms with van der Waals surface area (Å²) in [5.74, 6) is -0.524. The number of hydrogen-bond donors (Lipinski definition) is 1. The number of hydrogen-bond acceptors (Lipinski definition) is 3. The zero-order valence-corrected chi connectivity index (χ0v) is 15.4. The van der Waals surface area contributed by atoms with Gasteiger partial charge in [0.2, 0.25) is 5.91 Å². The maximum Gasteiger partial charge on any atom is 0.417 e. The van der Waals surface area contributed by atoms with E-state index in [1.54, 1.807) is 31.2 Å². The monoisotopic (exact) mass is 401 g/mol. The van der Waals surface area contributed by atoms with Gasteiger partial charge in [0.05, 0.1) is 15.8 Å². The fourth-order valence-electron chi connectivity index (χ4n) is 2.11. The summed E-state index contributed by atoms with van der Waals surface area (Å²) in [6.45, 7) is 2.99. The third-order valence-corrected chi connectivity index (χ3v) is 4.89.